The molecule has 3 rings (SSSR count). The Morgan fingerprint density at radius 1 is 1.40 bits per heavy atom. The second-order valence-electron chi connectivity index (χ2n) is 5.63. The number of methoxy groups -OCH3 is 1. The van der Waals surface area contributed by atoms with E-state index < -0.39 is 23.2 Å². The summed E-state index contributed by atoms with van der Waals surface area (Å²) in [5.41, 5.74) is -1.62. The van der Waals surface area contributed by atoms with E-state index in [1.807, 2.05) is 0 Å². The summed E-state index contributed by atoms with van der Waals surface area (Å²) in [6, 6.07) is 7.20. The van der Waals surface area contributed by atoms with Crippen molar-refractivity contribution in [2.45, 2.75) is 12.5 Å². The van der Waals surface area contributed by atoms with E-state index in [1.165, 1.54) is 44.3 Å². The molecule has 7 nitrogen and oxygen atoms in total. The summed E-state index contributed by atoms with van der Waals surface area (Å²) in [5, 5.41) is 2.50. The van der Waals surface area contributed by atoms with Crippen molar-refractivity contribution in [3.63, 3.8) is 0 Å². The van der Waals surface area contributed by atoms with Crippen LogP contribution in [0.2, 0.25) is 0 Å². The number of nitrogens with one attached hydrogen (secondary N) is 1. The molecule has 2 heterocycles. The molecule has 1 aromatic heterocycles. The number of hydrogen-bond donors (Lipinski definition) is 1. The minimum atomic E-state index is -1.80. The van der Waals surface area contributed by atoms with E-state index in [0.717, 1.165) is 6.07 Å². The van der Waals surface area contributed by atoms with Gasteiger partial charge >= 0.3 is 0 Å². The first kappa shape index (κ1) is 16.7. The number of rotatable bonds is 3. The lowest BCUT2D eigenvalue weighted by Crippen LogP contribution is -2.60. The average molecular weight is 345 g/mol. The van der Waals surface area contributed by atoms with Gasteiger partial charge in [-0.15, -0.1) is 0 Å². The summed E-state index contributed by atoms with van der Waals surface area (Å²) in [7, 11) is 2.85. The maximum Gasteiger partial charge on any atom is 0.281 e. The van der Waals surface area contributed by atoms with Gasteiger partial charge in [-0.05, 0) is 31.2 Å². The summed E-state index contributed by atoms with van der Waals surface area (Å²) in [6.07, 6.45) is 1.52. The quantitative estimate of drug-likeness (QED) is 0.861. The normalized spacial score (nSPS) is 19.0. The third-order valence-corrected chi connectivity index (χ3v) is 3.94. The van der Waals surface area contributed by atoms with Crippen LogP contribution < -0.4 is 19.7 Å². The van der Waals surface area contributed by atoms with Crippen LogP contribution in [0, 0.1) is 5.82 Å². The van der Waals surface area contributed by atoms with E-state index in [-0.39, 0.29) is 11.4 Å². The second kappa shape index (κ2) is 6.04. The first-order chi connectivity index (χ1) is 11.9. The van der Waals surface area contributed by atoms with Gasteiger partial charge in [-0.2, -0.15) is 0 Å². The van der Waals surface area contributed by atoms with Gasteiger partial charge in [0.15, 0.2) is 23.1 Å². The fourth-order valence-corrected chi connectivity index (χ4v) is 2.53. The Hall–Kier alpha value is -3.16. The number of hydrogen-bond acceptors (Lipinski definition) is 5. The first-order valence-electron chi connectivity index (χ1n) is 7.44. The second-order valence-corrected chi connectivity index (χ2v) is 5.63. The first-order valence-corrected chi connectivity index (χ1v) is 7.44. The lowest BCUT2D eigenvalue weighted by atomic mass is 10.0. The van der Waals surface area contributed by atoms with Crippen molar-refractivity contribution < 1.29 is 23.5 Å². The van der Waals surface area contributed by atoms with E-state index in [4.69, 9.17) is 9.47 Å². The fraction of sp³-hybridized carbons (Fsp3) is 0.235. The Morgan fingerprint density at radius 3 is 2.84 bits per heavy atom. The minimum Gasteiger partial charge on any atom is -0.494 e. The number of ether oxygens (including phenoxy) is 2. The number of benzene rings is 1. The molecule has 1 aliphatic rings. The van der Waals surface area contributed by atoms with Gasteiger partial charge < -0.3 is 14.8 Å². The number of fused-ring (bicyclic) bond motifs is 1. The molecule has 2 amide bonds. The van der Waals surface area contributed by atoms with Crippen molar-refractivity contribution >= 4 is 23.3 Å². The van der Waals surface area contributed by atoms with Gasteiger partial charge in [0.25, 0.3) is 17.4 Å². The molecule has 0 radical (unpaired) electrons. The van der Waals surface area contributed by atoms with Gasteiger partial charge in [0.1, 0.15) is 0 Å². The number of amides is 2. The fourth-order valence-electron chi connectivity index (χ4n) is 2.53. The van der Waals surface area contributed by atoms with Crippen LogP contribution in [0.3, 0.4) is 0 Å². The molecule has 0 aliphatic carbocycles. The maximum absolute atomic E-state index is 13.8. The highest BCUT2D eigenvalue weighted by molar-refractivity contribution is 6.19. The summed E-state index contributed by atoms with van der Waals surface area (Å²) < 4.78 is 24.2. The third kappa shape index (κ3) is 2.75. The average Bonchev–Trinajstić information content (AvgIpc) is 2.60. The van der Waals surface area contributed by atoms with Gasteiger partial charge in [0.05, 0.1) is 7.11 Å². The predicted molar refractivity (Wildman–Crippen MR) is 88.3 cm³/mol. The number of anilines is 2. The van der Waals surface area contributed by atoms with Crippen LogP contribution in [0.25, 0.3) is 0 Å². The van der Waals surface area contributed by atoms with Crippen molar-refractivity contribution in [3.8, 4) is 11.5 Å². The Morgan fingerprint density at radius 2 is 2.16 bits per heavy atom. The van der Waals surface area contributed by atoms with Crippen molar-refractivity contribution in [2.75, 3.05) is 24.4 Å². The molecule has 2 aromatic rings. The van der Waals surface area contributed by atoms with Crippen LogP contribution in [0.5, 0.6) is 11.5 Å². The summed E-state index contributed by atoms with van der Waals surface area (Å²) in [4.78, 5) is 30.6. The molecule has 25 heavy (non-hydrogen) atoms. The Kier molecular flexibility index (Phi) is 4.03. The molecule has 0 bridgehead atoms. The van der Waals surface area contributed by atoms with Crippen LogP contribution in [0.1, 0.15) is 6.92 Å². The molecule has 0 saturated heterocycles. The Bertz CT molecular complexity index is 858. The van der Waals surface area contributed by atoms with Crippen LogP contribution >= 0.6 is 0 Å². The highest BCUT2D eigenvalue weighted by Crippen LogP contribution is 2.35. The van der Waals surface area contributed by atoms with Gasteiger partial charge in [-0.25, -0.2) is 9.37 Å². The van der Waals surface area contributed by atoms with Gasteiger partial charge in [-0.1, -0.05) is 0 Å². The van der Waals surface area contributed by atoms with E-state index in [9.17, 15) is 14.0 Å². The van der Waals surface area contributed by atoms with Gasteiger partial charge in [0, 0.05) is 25.0 Å². The molecular weight excluding hydrogens is 329 g/mol. The molecule has 8 heteroatoms. The molecule has 1 N–H and O–H groups in total. The molecule has 0 saturated carbocycles. The zero-order valence-corrected chi connectivity index (χ0v) is 13.9. The SMILES string of the molecule is COc1ccc(NC(=O)C2(C)Oc3cccnc3N(C)C2=O)cc1F. The molecule has 1 aromatic carbocycles. The zero-order chi connectivity index (χ0) is 18.2. The zero-order valence-electron chi connectivity index (χ0n) is 13.9. The molecule has 0 fully saturated rings. The largest absolute Gasteiger partial charge is 0.494 e. The number of likely N-dealkylation sites (N-methyl/N-ethyl adjacent to an activating group) is 1. The highest BCUT2D eigenvalue weighted by Gasteiger charge is 2.50. The number of nitrogens with zero attached hydrogens (tertiary/aromatic N) is 2. The molecule has 0 spiro atoms. The number of carbonyl (C=O) groups is 2. The van der Waals surface area contributed by atoms with Crippen LogP contribution in [0.15, 0.2) is 36.5 Å². The van der Waals surface area contributed by atoms with Crippen LogP contribution in [0.4, 0.5) is 15.9 Å². The monoisotopic (exact) mass is 345 g/mol. The van der Waals surface area contributed by atoms with Gasteiger partial charge in [-0.3, -0.25) is 14.5 Å². The van der Waals surface area contributed by atoms with E-state index in [0.29, 0.717) is 11.6 Å². The molecule has 1 unspecified atom stereocenters. The molecular formula is C17H16FN3O4. The van der Waals surface area contributed by atoms with Crippen molar-refractivity contribution in [1.82, 2.24) is 4.98 Å². The minimum absolute atomic E-state index is 0.0499. The lowest BCUT2D eigenvalue weighted by molar-refractivity contribution is -0.145. The summed E-state index contributed by atoms with van der Waals surface area (Å²) in [5.74, 6) is -1.24. The number of aromatic nitrogens is 1. The third-order valence-electron chi connectivity index (χ3n) is 3.94. The molecule has 1 aliphatic heterocycles. The summed E-state index contributed by atoms with van der Waals surface area (Å²) in [6.45, 7) is 1.36. The number of pyridine rings is 1. The van der Waals surface area contributed by atoms with Crippen molar-refractivity contribution in [2.24, 2.45) is 0 Å². The lowest BCUT2D eigenvalue weighted by Gasteiger charge is -2.36. The Labute approximate surface area is 143 Å². The maximum atomic E-state index is 13.8. The van der Waals surface area contributed by atoms with E-state index in [1.54, 1.807) is 12.1 Å². The van der Waals surface area contributed by atoms with E-state index in [2.05, 4.69) is 10.3 Å². The number of halogens is 1. The molecule has 130 valence electrons. The van der Waals surface area contributed by atoms with Crippen molar-refractivity contribution in [1.29, 1.82) is 0 Å². The smallest absolute Gasteiger partial charge is 0.281 e. The molecule has 1 atom stereocenters. The topological polar surface area (TPSA) is 80.8 Å². The summed E-state index contributed by atoms with van der Waals surface area (Å²) >= 11 is 0. The Balaban J connectivity index is 1.89. The van der Waals surface area contributed by atoms with Crippen molar-refractivity contribution in [3.05, 3.63) is 42.3 Å². The van der Waals surface area contributed by atoms with Gasteiger partial charge in [0.2, 0.25) is 0 Å². The highest BCUT2D eigenvalue weighted by atomic mass is 19.1. The number of carbonyl (C=O) groups excluding carboxylic acids is 2. The van der Waals surface area contributed by atoms with Crippen LogP contribution in [-0.4, -0.2) is 36.6 Å². The van der Waals surface area contributed by atoms with Crippen LogP contribution in [-0.2, 0) is 9.59 Å². The predicted octanol–water partition coefficient (Wildman–Crippen LogP) is 1.98. The van der Waals surface area contributed by atoms with E-state index >= 15 is 0 Å². The standard InChI is InChI=1S/C17H16FN3O4/c1-17(15(22)20-10-6-7-12(24-3)11(18)9-10)16(23)21(2)14-13(25-17)5-4-8-19-14/h4-9H,1-3H3,(H,20,22).